The topological polar surface area (TPSA) is 108 Å². The first kappa shape index (κ1) is 11.3. The van der Waals surface area contributed by atoms with Crippen LogP contribution in [-0.4, -0.2) is 19.5 Å². The van der Waals surface area contributed by atoms with Crippen molar-refractivity contribution >= 4 is 10.0 Å². The highest BCUT2D eigenvalue weighted by Gasteiger charge is 2.28. The Hall–Kier alpha value is -1.18. The molecule has 0 aliphatic heterocycles. The maximum absolute atomic E-state index is 11.3. The molecule has 88 valence electrons. The van der Waals surface area contributed by atoms with Gasteiger partial charge in [0.15, 0.2) is 5.75 Å². The molecule has 0 radical (unpaired) electrons. The molecular formula is C9H13N3O3S. The molecule has 0 unspecified atom stereocenters. The van der Waals surface area contributed by atoms with Gasteiger partial charge in [-0.3, -0.25) is 0 Å². The van der Waals surface area contributed by atoms with Gasteiger partial charge in [0, 0.05) is 18.3 Å². The van der Waals surface area contributed by atoms with E-state index in [1.54, 1.807) is 6.07 Å². The fourth-order valence-electron chi connectivity index (χ4n) is 1.31. The van der Waals surface area contributed by atoms with E-state index in [4.69, 9.17) is 15.6 Å². The van der Waals surface area contributed by atoms with Crippen LogP contribution in [0.1, 0.15) is 18.4 Å². The first-order valence-electron chi connectivity index (χ1n) is 4.90. The lowest BCUT2D eigenvalue weighted by Gasteiger charge is -2.12. The molecule has 0 spiro atoms. The highest BCUT2D eigenvalue weighted by Crippen LogP contribution is 2.32. The monoisotopic (exact) mass is 243 g/mol. The summed E-state index contributed by atoms with van der Waals surface area (Å²) < 4.78 is 28.1. The summed E-state index contributed by atoms with van der Waals surface area (Å²) in [5.41, 5.74) is 6.12. The zero-order valence-electron chi connectivity index (χ0n) is 8.59. The second-order valence-corrected chi connectivity index (χ2v) is 5.15. The highest BCUT2D eigenvalue weighted by molar-refractivity contribution is 7.89. The molecule has 1 aromatic heterocycles. The first-order valence-corrected chi connectivity index (χ1v) is 6.44. The molecule has 7 heteroatoms. The van der Waals surface area contributed by atoms with Crippen molar-refractivity contribution < 1.29 is 13.2 Å². The summed E-state index contributed by atoms with van der Waals surface area (Å²) >= 11 is 0. The molecule has 0 amide bonds. The van der Waals surface area contributed by atoms with Crippen LogP contribution in [0.5, 0.6) is 5.75 Å². The third kappa shape index (κ3) is 2.31. The van der Waals surface area contributed by atoms with Gasteiger partial charge >= 0.3 is 0 Å². The van der Waals surface area contributed by atoms with Crippen LogP contribution >= 0.6 is 0 Å². The fraction of sp³-hybridized carbons (Fsp3) is 0.444. The van der Waals surface area contributed by atoms with Crippen LogP contribution in [-0.2, 0) is 16.6 Å². The molecule has 1 fully saturated rings. The van der Waals surface area contributed by atoms with Crippen LogP contribution in [0.15, 0.2) is 17.3 Å². The molecule has 4 N–H and O–H groups in total. The number of pyridine rings is 1. The van der Waals surface area contributed by atoms with Crippen LogP contribution in [0.3, 0.4) is 0 Å². The van der Waals surface area contributed by atoms with Crippen molar-refractivity contribution in [2.45, 2.75) is 30.5 Å². The molecule has 1 heterocycles. The lowest BCUT2D eigenvalue weighted by molar-refractivity contribution is 0.289. The molecule has 0 saturated heterocycles. The summed E-state index contributed by atoms with van der Waals surface area (Å²) in [5.74, 6) is 0.204. The first-order chi connectivity index (χ1) is 7.52. The molecule has 0 aromatic carbocycles. The summed E-state index contributed by atoms with van der Waals surface area (Å²) in [6.45, 7) is 0.188. The molecule has 0 atom stereocenters. The molecule has 2 rings (SSSR count). The highest BCUT2D eigenvalue weighted by atomic mass is 32.2. The Morgan fingerprint density at radius 3 is 2.69 bits per heavy atom. The van der Waals surface area contributed by atoms with Crippen molar-refractivity contribution in [3.63, 3.8) is 0 Å². The minimum atomic E-state index is -3.88. The van der Waals surface area contributed by atoms with Crippen LogP contribution < -0.4 is 15.6 Å². The van der Waals surface area contributed by atoms with Crippen molar-refractivity contribution in [3.8, 4) is 5.75 Å². The fourth-order valence-corrected chi connectivity index (χ4v) is 1.95. The van der Waals surface area contributed by atoms with Gasteiger partial charge in [0.25, 0.3) is 10.0 Å². The van der Waals surface area contributed by atoms with Gasteiger partial charge in [-0.1, -0.05) is 0 Å². The zero-order valence-corrected chi connectivity index (χ0v) is 9.40. The van der Waals surface area contributed by atoms with E-state index >= 15 is 0 Å². The maximum atomic E-state index is 11.3. The lowest BCUT2D eigenvalue weighted by Crippen LogP contribution is -2.17. The van der Waals surface area contributed by atoms with Gasteiger partial charge in [-0.2, -0.15) is 0 Å². The number of hydrogen-bond donors (Lipinski definition) is 2. The average molecular weight is 243 g/mol. The SMILES string of the molecule is NCc1ccnc(S(N)(=O)=O)c1OC1CC1. The van der Waals surface area contributed by atoms with E-state index in [1.807, 2.05) is 0 Å². The van der Waals surface area contributed by atoms with Crippen molar-refractivity contribution in [3.05, 3.63) is 17.8 Å². The van der Waals surface area contributed by atoms with Crippen molar-refractivity contribution in [1.29, 1.82) is 0 Å². The maximum Gasteiger partial charge on any atom is 0.259 e. The summed E-state index contributed by atoms with van der Waals surface area (Å²) in [7, 11) is -3.88. The standard InChI is InChI=1S/C9H13N3O3S/c10-5-6-3-4-12-9(16(11,13)14)8(6)15-7-1-2-7/h3-4,7H,1-2,5,10H2,(H2,11,13,14). The third-order valence-corrected chi connectivity index (χ3v) is 3.08. The van der Waals surface area contributed by atoms with E-state index in [0.29, 0.717) is 5.56 Å². The summed E-state index contributed by atoms with van der Waals surface area (Å²) in [5, 5.41) is 4.83. The van der Waals surface area contributed by atoms with Gasteiger partial charge in [-0.25, -0.2) is 18.5 Å². The molecule has 1 aliphatic carbocycles. The van der Waals surface area contributed by atoms with Crippen LogP contribution in [0.4, 0.5) is 0 Å². The average Bonchev–Trinajstić information content (AvgIpc) is 3.00. The number of rotatable bonds is 4. The Morgan fingerprint density at radius 1 is 1.50 bits per heavy atom. The van der Waals surface area contributed by atoms with Crippen LogP contribution in [0.25, 0.3) is 0 Å². The molecule has 16 heavy (non-hydrogen) atoms. The van der Waals surface area contributed by atoms with E-state index in [1.165, 1.54) is 6.20 Å². The number of sulfonamides is 1. The minimum Gasteiger partial charge on any atom is -0.487 e. The summed E-state index contributed by atoms with van der Waals surface area (Å²) in [4.78, 5) is 3.75. The number of nitrogens with zero attached hydrogens (tertiary/aromatic N) is 1. The number of aromatic nitrogens is 1. The Kier molecular flexibility index (Phi) is 2.83. The number of nitrogens with two attached hydrogens (primary N) is 2. The van der Waals surface area contributed by atoms with Gasteiger partial charge < -0.3 is 10.5 Å². The molecule has 1 aliphatic rings. The van der Waals surface area contributed by atoms with Crippen molar-refractivity contribution in [2.24, 2.45) is 10.9 Å². The lowest BCUT2D eigenvalue weighted by atomic mass is 10.2. The predicted octanol–water partition coefficient (Wildman–Crippen LogP) is -0.271. The predicted molar refractivity (Wildman–Crippen MR) is 57.2 cm³/mol. The number of primary sulfonamides is 1. The van der Waals surface area contributed by atoms with Gasteiger partial charge in [-0.15, -0.1) is 0 Å². The van der Waals surface area contributed by atoms with Gasteiger partial charge in [0.2, 0.25) is 5.03 Å². The van der Waals surface area contributed by atoms with E-state index in [9.17, 15) is 8.42 Å². The van der Waals surface area contributed by atoms with E-state index in [-0.39, 0.29) is 23.4 Å². The van der Waals surface area contributed by atoms with Crippen LogP contribution in [0, 0.1) is 0 Å². The second-order valence-electron chi connectivity index (χ2n) is 3.67. The molecule has 6 nitrogen and oxygen atoms in total. The zero-order chi connectivity index (χ0) is 11.8. The van der Waals surface area contributed by atoms with Crippen molar-refractivity contribution in [2.75, 3.05) is 0 Å². The second kappa shape index (κ2) is 4.00. The van der Waals surface area contributed by atoms with E-state index < -0.39 is 10.0 Å². The summed E-state index contributed by atoms with van der Waals surface area (Å²) in [6.07, 6.45) is 3.27. The summed E-state index contributed by atoms with van der Waals surface area (Å²) in [6, 6.07) is 1.63. The normalized spacial score (nSPS) is 16.1. The number of hydrogen-bond acceptors (Lipinski definition) is 5. The molecule has 1 aromatic rings. The smallest absolute Gasteiger partial charge is 0.259 e. The molecule has 0 bridgehead atoms. The quantitative estimate of drug-likeness (QED) is 0.756. The van der Waals surface area contributed by atoms with E-state index in [2.05, 4.69) is 4.98 Å². The Balaban J connectivity index is 2.49. The third-order valence-electron chi connectivity index (χ3n) is 2.25. The van der Waals surface area contributed by atoms with Crippen LogP contribution in [0.2, 0.25) is 0 Å². The molecule has 1 saturated carbocycles. The van der Waals surface area contributed by atoms with E-state index in [0.717, 1.165) is 12.8 Å². The van der Waals surface area contributed by atoms with Gasteiger partial charge in [0.1, 0.15) is 0 Å². The largest absolute Gasteiger partial charge is 0.487 e. The molecular weight excluding hydrogens is 230 g/mol. The Bertz CT molecular complexity index is 497. The Labute approximate surface area is 93.7 Å². The van der Waals surface area contributed by atoms with Gasteiger partial charge in [0.05, 0.1) is 6.10 Å². The van der Waals surface area contributed by atoms with Gasteiger partial charge in [-0.05, 0) is 18.9 Å². The minimum absolute atomic E-state index is 0.0648. The number of ether oxygens (including phenoxy) is 1. The van der Waals surface area contributed by atoms with Crippen molar-refractivity contribution in [1.82, 2.24) is 4.98 Å². The Morgan fingerprint density at radius 2 is 2.19 bits per heavy atom.